The minimum atomic E-state index is -4.30. The lowest BCUT2D eigenvalue weighted by molar-refractivity contribution is -0.189. The third-order valence-corrected chi connectivity index (χ3v) is 3.74. The highest BCUT2D eigenvalue weighted by Gasteiger charge is 2.56. The third kappa shape index (κ3) is 2.71. The first kappa shape index (κ1) is 14.6. The Hall–Kier alpha value is -1.79. The SMILES string of the molecule is CC1(C)[C@@H](C(F)(F)F)CCN1C(=O)Nc1cccnc1. The van der Waals surface area contributed by atoms with Gasteiger partial charge in [0.1, 0.15) is 0 Å². The van der Waals surface area contributed by atoms with E-state index in [-0.39, 0.29) is 13.0 Å². The van der Waals surface area contributed by atoms with Crippen LogP contribution in [-0.2, 0) is 0 Å². The average Bonchev–Trinajstić information content (AvgIpc) is 2.65. The average molecular weight is 287 g/mol. The van der Waals surface area contributed by atoms with Crippen molar-refractivity contribution < 1.29 is 18.0 Å². The molecule has 0 aromatic carbocycles. The summed E-state index contributed by atoms with van der Waals surface area (Å²) in [6.45, 7) is 2.98. The minimum absolute atomic E-state index is 0.0725. The van der Waals surface area contributed by atoms with Gasteiger partial charge in [-0.2, -0.15) is 13.2 Å². The summed E-state index contributed by atoms with van der Waals surface area (Å²) in [5.74, 6) is -1.50. The Bertz CT molecular complexity index is 487. The number of aromatic nitrogens is 1. The predicted molar refractivity (Wildman–Crippen MR) is 68.2 cm³/mol. The fourth-order valence-corrected chi connectivity index (χ4v) is 2.64. The molecule has 0 bridgehead atoms. The van der Waals surface area contributed by atoms with Crippen LogP contribution in [0.4, 0.5) is 23.7 Å². The monoisotopic (exact) mass is 287 g/mol. The second-order valence-electron chi connectivity index (χ2n) is 5.36. The van der Waals surface area contributed by atoms with E-state index in [1.807, 2.05) is 0 Å². The van der Waals surface area contributed by atoms with Crippen molar-refractivity contribution in [3.8, 4) is 0 Å². The Labute approximate surface area is 115 Å². The maximum Gasteiger partial charge on any atom is 0.394 e. The van der Waals surface area contributed by atoms with Gasteiger partial charge in [0.05, 0.1) is 23.3 Å². The molecule has 0 radical (unpaired) electrons. The number of amides is 2. The van der Waals surface area contributed by atoms with Crippen molar-refractivity contribution in [2.75, 3.05) is 11.9 Å². The van der Waals surface area contributed by atoms with E-state index in [1.165, 1.54) is 24.9 Å². The van der Waals surface area contributed by atoms with E-state index >= 15 is 0 Å². The smallest absolute Gasteiger partial charge is 0.319 e. The van der Waals surface area contributed by atoms with Crippen LogP contribution in [0, 0.1) is 5.92 Å². The van der Waals surface area contributed by atoms with Gasteiger partial charge in [-0.15, -0.1) is 0 Å². The Balaban J connectivity index is 2.12. The van der Waals surface area contributed by atoms with Crippen molar-refractivity contribution in [3.05, 3.63) is 24.5 Å². The van der Waals surface area contributed by atoms with Gasteiger partial charge in [-0.25, -0.2) is 4.79 Å². The predicted octanol–water partition coefficient (Wildman–Crippen LogP) is 3.28. The lowest BCUT2D eigenvalue weighted by atomic mass is 9.88. The second-order valence-corrected chi connectivity index (χ2v) is 5.36. The van der Waals surface area contributed by atoms with Crippen LogP contribution in [0.3, 0.4) is 0 Å². The van der Waals surface area contributed by atoms with Crippen molar-refractivity contribution in [2.45, 2.75) is 32.0 Å². The van der Waals surface area contributed by atoms with Crippen molar-refractivity contribution >= 4 is 11.7 Å². The van der Waals surface area contributed by atoms with Crippen molar-refractivity contribution in [3.63, 3.8) is 0 Å². The highest BCUT2D eigenvalue weighted by molar-refractivity contribution is 5.89. The molecular weight excluding hydrogens is 271 g/mol. The number of halogens is 3. The van der Waals surface area contributed by atoms with Gasteiger partial charge < -0.3 is 10.2 Å². The Morgan fingerprint density at radius 3 is 2.70 bits per heavy atom. The van der Waals surface area contributed by atoms with Gasteiger partial charge in [-0.3, -0.25) is 4.98 Å². The van der Waals surface area contributed by atoms with E-state index in [4.69, 9.17) is 0 Å². The minimum Gasteiger partial charge on any atom is -0.319 e. The van der Waals surface area contributed by atoms with E-state index in [1.54, 1.807) is 18.3 Å². The summed E-state index contributed by atoms with van der Waals surface area (Å²) < 4.78 is 38.9. The van der Waals surface area contributed by atoms with Crippen molar-refractivity contribution in [2.24, 2.45) is 5.92 Å². The number of hydrogen-bond donors (Lipinski definition) is 1. The molecule has 2 amide bonds. The first-order valence-electron chi connectivity index (χ1n) is 6.28. The molecule has 1 aromatic rings. The largest absolute Gasteiger partial charge is 0.394 e. The fraction of sp³-hybridized carbons (Fsp3) is 0.538. The zero-order valence-electron chi connectivity index (χ0n) is 11.2. The maximum absolute atomic E-state index is 13.0. The molecule has 1 aliphatic rings. The summed E-state index contributed by atoms with van der Waals surface area (Å²) in [5.41, 5.74) is -0.798. The third-order valence-electron chi connectivity index (χ3n) is 3.74. The number of nitrogens with zero attached hydrogens (tertiary/aromatic N) is 2. The van der Waals surface area contributed by atoms with Gasteiger partial charge in [-0.05, 0) is 32.4 Å². The molecule has 0 saturated carbocycles. The molecule has 1 N–H and O–H groups in total. The summed E-state index contributed by atoms with van der Waals surface area (Å²) in [6, 6.07) is 2.74. The Morgan fingerprint density at radius 1 is 1.50 bits per heavy atom. The first-order valence-corrected chi connectivity index (χ1v) is 6.28. The normalized spacial score (nSPS) is 21.9. The molecule has 1 fully saturated rings. The number of pyridine rings is 1. The van der Waals surface area contributed by atoms with Crippen LogP contribution in [-0.4, -0.2) is 34.2 Å². The summed E-state index contributed by atoms with van der Waals surface area (Å²) in [5, 5.41) is 2.57. The summed E-state index contributed by atoms with van der Waals surface area (Å²) in [7, 11) is 0. The lowest BCUT2D eigenvalue weighted by Gasteiger charge is -2.36. The van der Waals surface area contributed by atoms with E-state index in [0.717, 1.165) is 0 Å². The highest BCUT2D eigenvalue weighted by atomic mass is 19.4. The maximum atomic E-state index is 13.0. The second kappa shape index (κ2) is 4.96. The molecule has 1 atom stereocenters. The molecule has 2 rings (SSSR count). The topological polar surface area (TPSA) is 45.2 Å². The number of anilines is 1. The van der Waals surface area contributed by atoms with Crippen LogP contribution in [0.2, 0.25) is 0 Å². The van der Waals surface area contributed by atoms with Gasteiger partial charge in [0.15, 0.2) is 0 Å². The molecule has 110 valence electrons. The molecule has 0 aliphatic carbocycles. The van der Waals surface area contributed by atoms with Crippen LogP contribution in [0.5, 0.6) is 0 Å². The first-order chi connectivity index (χ1) is 9.23. The summed E-state index contributed by atoms with van der Waals surface area (Å²) in [6.07, 6.45) is -1.37. The van der Waals surface area contributed by atoms with Gasteiger partial charge in [0, 0.05) is 12.7 Å². The number of alkyl halides is 3. The van der Waals surface area contributed by atoms with E-state index < -0.39 is 23.7 Å². The van der Waals surface area contributed by atoms with Crippen LogP contribution >= 0.6 is 0 Å². The Morgan fingerprint density at radius 2 is 2.20 bits per heavy atom. The molecule has 1 aromatic heterocycles. The number of carbonyl (C=O) groups excluding carboxylic acids is 1. The quantitative estimate of drug-likeness (QED) is 0.861. The molecule has 1 aliphatic heterocycles. The van der Waals surface area contributed by atoms with Crippen LogP contribution in [0.25, 0.3) is 0 Å². The van der Waals surface area contributed by atoms with E-state index in [9.17, 15) is 18.0 Å². The van der Waals surface area contributed by atoms with E-state index in [0.29, 0.717) is 5.69 Å². The van der Waals surface area contributed by atoms with Gasteiger partial charge >= 0.3 is 12.2 Å². The van der Waals surface area contributed by atoms with Crippen molar-refractivity contribution in [1.29, 1.82) is 0 Å². The Kier molecular flexibility index (Phi) is 3.62. The molecule has 0 spiro atoms. The van der Waals surface area contributed by atoms with Crippen molar-refractivity contribution in [1.82, 2.24) is 9.88 Å². The van der Waals surface area contributed by atoms with Gasteiger partial charge in [0.2, 0.25) is 0 Å². The fourth-order valence-electron chi connectivity index (χ4n) is 2.64. The summed E-state index contributed by atoms with van der Waals surface area (Å²) in [4.78, 5) is 17.2. The molecule has 4 nitrogen and oxygen atoms in total. The van der Waals surface area contributed by atoms with Crippen LogP contribution in [0.15, 0.2) is 24.5 Å². The zero-order valence-corrected chi connectivity index (χ0v) is 11.2. The highest BCUT2D eigenvalue weighted by Crippen LogP contribution is 2.44. The van der Waals surface area contributed by atoms with Gasteiger partial charge in [0.25, 0.3) is 0 Å². The number of urea groups is 1. The zero-order chi connectivity index (χ0) is 15.0. The number of nitrogens with one attached hydrogen (secondary N) is 1. The number of hydrogen-bond acceptors (Lipinski definition) is 2. The molecular formula is C13H16F3N3O. The molecule has 0 unspecified atom stereocenters. The molecule has 20 heavy (non-hydrogen) atoms. The molecule has 2 heterocycles. The van der Waals surface area contributed by atoms with E-state index in [2.05, 4.69) is 10.3 Å². The molecule has 7 heteroatoms. The number of carbonyl (C=O) groups is 1. The number of rotatable bonds is 1. The molecule has 1 saturated heterocycles. The lowest BCUT2D eigenvalue weighted by Crippen LogP contribution is -2.51. The van der Waals surface area contributed by atoms with Crippen LogP contribution < -0.4 is 5.32 Å². The summed E-state index contributed by atoms with van der Waals surface area (Å²) >= 11 is 0. The van der Waals surface area contributed by atoms with Crippen LogP contribution in [0.1, 0.15) is 20.3 Å². The standard InChI is InChI=1S/C13H16F3N3O/c1-12(2)10(13(14,15)16)5-7-19(12)11(20)18-9-4-3-6-17-8-9/h3-4,6,8,10H,5,7H2,1-2H3,(H,18,20)/t10-/m0/s1. The number of likely N-dealkylation sites (tertiary alicyclic amines) is 1. The van der Waals surface area contributed by atoms with Gasteiger partial charge in [-0.1, -0.05) is 0 Å².